The minimum atomic E-state index is -0.155. The first-order valence-electron chi connectivity index (χ1n) is 7.71. The third-order valence-corrected chi connectivity index (χ3v) is 4.15. The summed E-state index contributed by atoms with van der Waals surface area (Å²) in [6, 6.07) is 5.65. The maximum absolute atomic E-state index is 8.88. The number of ether oxygens (including phenoxy) is 2. The molecule has 0 unspecified atom stereocenters. The predicted octanol–water partition coefficient (Wildman–Crippen LogP) is 3.39. The van der Waals surface area contributed by atoms with Crippen molar-refractivity contribution in [2.75, 3.05) is 13.7 Å². The maximum atomic E-state index is 8.88. The molecule has 0 aromatic heterocycles. The number of aliphatic hydroxyl groups excluding tert-OH is 1. The Kier molecular flexibility index (Phi) is 5.95. The summed E-state index contributed by atoms with van der Waals surface area (Å²) >= 11 is 0. The van der Waals surface area contributed by atoms with Gasteiger partial charge in [0.25, 0.3) is 0 Å². The van der Waals surface area contributed by atoms with Gasteiger partial charge in [-0.3, -0.25) is 0 Å². The van der Waals surface area contributed by atoms with Crippen molar-refractivity contribution in [2.24, 2.45) is 5.92 Å². The van der Waals surface area contributed by atoms with Gasteiger partial charge < -0.3 is 14.6 Å². The quantitative estimate of drug-likeness (QED) is 0.863. The number of hydrogen-bond acceptors (Lipinski definition) is 3. The fraction of sp³-hybridized carbons (Fsp3) is 0.556. The second-order valence-electron chi connectivity index (χ2n) is 5.49. The van der Waals surface area contributed by atoms with E-state index < -0.39 is 0 Å². The monoisotopic (exact) mass is 288 g/mol. The standard InChI is InChI=1S/C18H24O3/c1-3-14-6-8-16(9-7-14)21-18-11-10-17(20-2)13-15(18)5-4-12-19/h10-11,13-14,16,19H,3,6-9,12H2,1-2H3. The largest absolute Gasteiger partial charge is 0.497 e. The first-order valence-corrected chi connectivity index (χ1v) is 7.71. The molecular formula is C18H24O3. The molecule has 3 heteroatoms. The smallest absolute Gasteiger partial charge is 0.135 e. The van der Waals surface area contributed by atoms with Crippen LogP contribution in [0.25, 0.3) is 0 Å². The molecule has 0 atom stereocenters. The predicted molar refractivity (Wildman–Crippen MR) is 83.6 cm³/mol. The first-order chi connectivity index (χ1) is 10.3. The SMILES string of the molecule is CCC1CCC(Oc2ccc(OC)cc2C#CCO)CC1. The van der Waals surface area contributed by atoms with Crippen molar-refractivity contribution < 1.29 is 14.6 Å². The van der Waals surface area contributed by atoms with Gasteiger partial charge in [0, 0.05) is 0 Å². The number of hydrogen-bond donors (Lipinski definition) is 1. The lowest BCUT2D eigenvalue weighted by atomic mass is 9.86. The molecule has 1 aromatic carbocycles. The van der Waals surface area contributed by atoms with Gasteiger partial charge in [-0.1, -0.05) is 25.2 Å². The summed E-state index contributed by atoms with van der Waals surface area (Å²) in [6.45, 7) is 2.11. The number of methoxy groups -OCH3 is 1. The Bertz CT molecular complexity index is 505. The molecule has 3 nitrogen and oxygen atoms in total. The van der Waals surface area contributed by atoms with E-state index in [0.717, 1.165) is 35.8 Å². The normalized spacial score (nSPS) is 21.3. The topological polar surface area (TPSA) is 38.7 Å². The summed E-state index contributed by atoms with van der Waals surface area (Å²) in [5, 5.41) is 8.88. The van der Waals surface area contributed by atoms with Gasteiger partial charge in [-0.15, -0.1) is 0 Å². The van der Waals surface area contributed by atoms with Crippen molar-refractivity contribution in [1.29, 1.82) is 0 Å². The molecule has 0 bridgehead atoms. The fourth-order valence-corrected chi connectivity index (χ4v) is 2.81. The van der Waals surface area contributed by atoms with Crippen LogP contribution < -0.4 is 9.47 Å². The number of benzene rings is 1. The molecule has 1 fully saturated rings. The van der Waals surface area contributed by atoms with Crippen molar-refractivity contribution in [1.82, 2.24) is 0 Å². The van der Waals surface area contributed by atoms with Crippen molar-refractivity contribution in [3.05, 3.63) is 23.8 Å². The van der Waals surface area contributed by atoms with Crippen LogP contribution in [0.4, 0.5) is 0 Å². The van der Waals surface area contributed by atoms with Crippen molar-refractivity contribution >= 4 is 0 Å². The van der Waals surface area contributed by atoms with Crippen LogP contribution >= 0.6 is 0 Å². The lowest BCUT2D eigenvalue weighted by molar-refractivity contribution is 0.129. The van der Waals surface area contributed by atoms with E-state index in [2.05, 4.69) is 18.8 Å². The maximum Gasteiger partial charge on any atom is 0.135 e. The molecule has 1 saturated carbocycles. The summed E-state index contributed by atoms with van der Waals surface area (Å²) in [5.41, 5.74) is 0.779. The Morgan fingerprint density at radius 3 is 2.62 bits per heavy atom. The third kappa shape index (κ3) is 4.41. The highest BCUT2D eigenvalue weighted by atomic mass is 16.5. The zero-order valence-electron chi connectivity index (χ0n) is 12.9. The van der Waals surface area contributed by atoms with E-state index >= 15 is 0 Å². The van der Waals surface area contributed by atoms with E-state index in [1.165, 1.54) is 19.3 Å². The van der Waals surface area contributed by atoms with Crippen LogP contribution in [0, 0.1) is 17.8 Å². The van der Waals surface area contributed by atoms with Crippen LogP contribution in [0.1, 0.15) is 44.6 Å². The second kappa shape index (κ2) is 7.95. The van der Waals surface area contributed by atoms with E-state index in [1.807, 2.05) is 18.2 Å². The first kappa shape index (κ1) is 15.7. The molecule has 0 aliphatic heterocycles. The molecule has 0 heterocycles. The average molecular weight is 288 g/mol. The van der Waals surface area contributed by atoms with Crippen LogP contribution in [0.15, 0.2) is 18.2 Å². The average Bonchev–Trinajstić information content (AvgIpc) is 2.54. The van der Waals surface area contributed by atoms with Gasteiger partial charge in [-0.2, -0.15) is 0 Å². The Hall–Kier alpha value is -1.66. The molecule has 0 spiro atoms. The molecule has 0 radical (unpaired) electrons. The van der Waals surface area contributed by atoms with Crippen LogP contribution in [0.3, 0.4) is 0 Å². The summed E-state index contributed by atoms with van der Waals surface area (Å²) in [4.78, 5) is 0. The summed E-state index contributed by atoms with van der Waals surface area (Å²) in [7, 11) is 1.63. The highest BCUT2D eigenvalue weighted by Crippen LogP contribution is 2.31. The zero-order chi connectivity index (χ0) is 15.1. The molecule has 1 aliphatic carbocycles. The molecule has 0 saturated heterocycles. The van der Waals surface area contributed by atoms with Gasteiger partial charge >= 0.3 is 0 Å². The molecule has 2 rings (SSSR count). The Balaban J connectivity index is 2.08. The van der Waals surface area contributed by atoms with Gasteiger partial charge in [0.2, 0.25) is 0 Å². The molecule has 21 heavy (non-hydrogen) atoms. The Labute approximate surface area is 127 Å². The van der Waals surface area contributed by atoms with Crippen molar-refractivity contribution in [3.8, 4) is 23.3 Å². The van der Waals surface area contributed by atoms with E-state index in [-0.39, 0.29) is 12.7 Å². The summed E-state index contributed by atoms with van der Waals surface area (Å²) in [6.07, 6.45) is 6.25. The molecule has 1 aromatic rings. The van der Waals surface area contributed by atoms with Gasteiger partial charge in [0.1, 0.15) is 18.1 Å². The second-order valence-corrected chi connectivity index (χ2v) is 5.49. The van der Waals surface area contributed by atoms with Crippen LogP contribution in [0.2, 0.25) is 0 Å². The number of aliphatic hydroxyl groups is 1. The van der Waals surface area contributed by atoms with Gasteiger partial charge in [0.15, 0.2) is 0 Å². The minimum Gasteiger partial charge on any atom is -0.497 e. The van der Waals surface area contributed by atoms with E-state index in [0.29, 0.717) is 0 Å². The van der Waals surface area contributed by atoms with E-state index in [1.54, 1.807) is 7.11 Å². The highest BCUT2D eigenvalue weighted by Gasteiger charge is 2.21. The third-order valence-electron chi connectivity index (χ3n) is 4.15. The zero-order valence-corrected chi connectivity index (χ0v) is 12.9. The molecular weight excluding hydrogens is 264 g/mol. The van der Waals surface area contributed by atoms with Crippen molar-refractivity contribution in [3.63, 3.8) is 0 Å². The Morgan fingerprint density at radius 1 is 1.24 bits per heavy atom. The van der Waals surface area contributed by atoms with Crippen LogP contribution in [-0.2, 0) is 0 Å². The fourth-order valence-electron chi connectivity index (χ4n) is 2.81. The van der Waals surface area contributed by atoms with Gasteiger partial charge in [0.05, 0.1) is 18.8 Å². The van der Waals surface area contributed by atoms with Gasteiger partial charge in [-0.25, -0.2) is 0 Å². The highest BCUT2D eigenvalue weighted by molar-refractivity contribution is 5.50. The van der Waals surface area contributed by atoms with Crippen molar-refractivity contribution in [2.45, 2.75) is 45.1 Å². The molecule has 0 amide bonds. The lowest BCUT2D eigenvalue weighted by Gasteiger charge is -2.28. The molecule has 1 N–H and O–H groups in total. The molecule has 1 aliphatic rings. The minimum absolute atomic E-state index is 0.155. The van der Waals surface area contributed by atoms with Gasteiger partial charge in [-0.05, 0) is 49.8 Å². The number of rotatable bonds is 4. The Morgan fingerprint density at radius 2 is 2.00 bits per heavy atom. The van der Waals surface area contributed by atoms with E-state index in [4.69, 9.17) is 14.6 Å². The molecule has 114 valence electrons. The summed E-state index contributed by atoms with van der Waals surface area (Å²) in [5.74, 6) is 8.02. The van der Waals surface area contributed by atoms with Crippen LogP contribution in [-0.4, -0.2) is 24.9 Å². The van der Waals surface area contributed by atoms with Crippen LogP contribution in [0.5, 0.6) is 11.5 Å². The summed E-state index contributed by atoms with van der Waals surface area (Å²) < 4.78 is 11.4. The lowest BCUT2D eigenvalue weighted by Crippen LogP contribution is -2.24. The van der Waals surface area contributed by atoms with E-state index in [9.17, 15) is 0 Å².